The van der Waals surface area contributed by atoms with Crippen molar-refractivity contribution in [2.24, 2.45) is 0 Å². The lowest BCUT2D eigenvalue weighted by molar-refractivity contribution is 0.0702. The van der Waals surface area contributed by atoms with Crippen LogP contribution in [-0.2, 0) is 0 Å². The van der Waals surface area contributed by atoms with E-state index in [4.69, 9.17) is 0 Å². The number of amides is 2. The quantitative estimate of drug-likeness (QED) is 0.939. The molecule has 1 aromatic heterocycles. The highest BCUT2D eigenvalue weighted by atomic mass is 32.1. The standard InChI is InChI=1S/C17H17FN2O2S/c18-13-4-1-3-12(11-13)16(21)19-14-6-8-20(9-7-14)17(22)15-5-2-10-23-15/h1-5,10-11,14H,6-9H2,(H,19,21). The van der Waals surface area contributed by atoms with Crippen LogP contribution in [0, 0.1) is 5.82 Å². The summed E-state index contributed by atoms with van der Waals surface area (Å²) < 4.78 is 13.2. The average molecular weight is 332 g/mol. The van der Waals surface area contributed by atoms with Crippen LogP contribution in [0.25, 0.3) is 0 Å². The second kappa shape index (κ2) is 6.91. The van der Waals surface area contributed by atoms with E-state index < -0.39 is 5.82 Å². The van der Waals surface area contributed by atoms with Crippen LogP contribution < -0.4 is 5.32 Å². The molecule has 0 spiro atoms. The Hall–Kier alpha value is -2.21. The molecule has 2 amide bonds. The zero-order valence-electron chi connectivity index (χ0n) is 12.5. The molecule has 0 aliphatic carbocycles. The minimum atomic E-state index is -0.422. The molecule has 23 heavy (non-hydrogen) atoms. The molecule has 1 N–H and O–H groups in total. The summed E-state index contributed by atoms with van der Waals surface area (Å²) in [4.78, 5) is 26.9. The van der Waals surface area contributed by atoms with Crippen LogP contribution in [0.4, 0.5) is 4.39 Å². The molecule has 6 heteroatoms. The van der Waals surface area contributed by atoms with Gasteiger partial charge in [0.2, 0.25) is 0 Å². The van der Waals surface area contributed by atoms with Gasteiger partial charge < -0.3 is 10.2 Å². The Labute approximate surface area is 137 Å². The van der Waals surface area contributed by atoms with E-state index in [1.165, 1.54) is 29.5 Å². The average Bonchev–Trinajstić information content (AvgIpc) is 3.09. The van der Waals surface area contributed by atoms with E-state index in [9.17, 15) is 14.0 Å². The van der Waals surface area contributed by atoms with E-state index in [-0.39, 0.29) is 17.9 Å². The maximum Gasteiger partial charge on any atom is 0.263 e. The summed E-state index contributed by atoms with van der Waals surface area (Å²) in [6.07, 6.45) is 1.41. The van der Waals surface area contributed by atoms with Crippen LogP contribution in [0.2, 0.25) is 0 Å². The van der Waals surface area contributed by atoms with Crippen LogP contribution in [0.3, 0.4) is 0 Å². The fourth-order valence-electron chi connectivity index (χ4n) is 2.68. The van der Waals surface area contributed by atoms with Gasteiger partial charge in [-0.1, -0.05) is 12.1 Å². The number of rotatable bonds is 3. The van der Waals surface area contributed by atoms with Crippen molar-refractivity contribution in [1.29, 1.82) is 0 Å². The summed E-state index contributed by atoms with van der Waals surface area (Å²) >= 11 is 1.44. The van der Waals surface area contributed by atoms with Crippen LogP contribution in [0.15, 0.2) is 41.8 Å². The molecule has 1 aliphatic rings. The minimum absolute atomic E-state index is 0.0122. The maximum atomic E-state index is 13.2. The van der Waals surface area contributed by atoms with Gasteiger partial charge in [0, 0.05) is 24.7 Å². The molecule has 4 nitrogen and oxygen atoms in total. The number of hydrogen-bond donors (Lipinski definition) is 1. The molecule has 1 aromatic carbocycles. The van der Waals surface area contributed by atoms with Gasteiger partial charge in [-0.2, -0.15) is 0 Å². The van der Waals surface area contributed by atoms with Gasteiger partial charge in [0.05, 0.1) is 4.88 Å². The molecule has 1 aliphatic heterocycles. The zero-order valence-corrected chi connectivity index (χ0v) is 13.3. The third-order valence-electron chi connectivity index (χ3n) is 3.94. The molecule has 2 heterocycles. The number of thiophene rings is 1. The van der Waals surface area contributed by atoms with Crippen molar-refractivity contribution in [1.82, 2.24) is 10.2 Å². The van der Waals surface area contributed by atoms with Crippen LogP contribution in [0.1, 0.15) is 32.9 Å². The number of nitrogens with zero attached hydrogens (tertiary/aromatic N) is 1. The smallest absolute Gasteiger partial charge is 0.263 e. The summed E-state index contributed by atoms with van der Waals surface area (Å²) in [6, 6.07) is 9.35. The molecule has 0 unspecified atom stereocenters. The summed E-state index contributed by atoms with van der Waals surface area (Å²) in [5.74, 6) is -0.642. The van der Waals surface area contributed by atoms with Gasteiger partial charge >= 0.3 is 0 Å². The zero-order chi connectivity index (χ0) is 16.2. The van der Waals surface area contributed by atoms with Gasteiger partial charge in [-0.15, -0.1) is 11.3 Å². The number of halogens is 1. The summed E-state index contributed by atoms with van der Waals surface area (Å²) in [6.45, 7) is 1.23. The molecule has 3 rings (SSSR count). The molecule has 0 radical (unpaired) electrons. The Morgan fingerprint density at radius 1 is 1.17 bits per heavy atom. The number of carbonyl (C=O) groups excluding carboxylic acids is 2. The predicted molar refractivity (Wildman–Crippen MR) is 87.1 cm³/mol. The van der Waals surface area contributed by atoms with E-state index >= 15 is 0 Å². The fourth-order valence-corrected chi connectivity index (χ4v) is 3.37. The highest BCUT2D eigenvalue weighted by Crippen LogP contribution is 2.17. The molecule has 0 saturated carbocycles. The Bertz CT molecular complexity index is 694. The monoisotopic (exact) mass is 332 g/mol. The first kappa shape index (κ1) is 15.7. The van der Waals surface area contributed by atoms with Gasteiger partial charge in [0.15, 0.2) is 0 Å². The van der Waals surface area contributed by atoms with Crippen molar-refractivity contribution in [2.75, 3.05) is 13.1 Å². The number of benzene rings is 1. The lowest BCUT2D eigenvalue weighted by Crippen LogP contribution is -2.46. The van der Waals surface area contributed by atoms with Crippen molar-refractivity contribution in [2.45, 2.75) is 18.9 Å². The second-order valence-electron chi connectivity index (χ2n) is 5.53. The predicted octanol–water partition coefficient (Wildman–Crippen LogP) is 2.92. The molecule has 1 fully saturated rings. The summed E-state index contributed by atoms with van der Waals surface area (Å²) in [5.41, 5.74) is 0.321. The van der Waals surface area contributed by atoms with E-state index in [0.717, 1.165) is 4.88 Å². The van der Waals surface area contributed by atoms with Crippen LogP contribution >= 0.6 is 11.3 Å². The Balaban J connectivity index is 1.53. The first-order valence-corrected chi connectivity index (χ1v) is 8.40. The summed E-state index contributed by atoms with van der Waals surface area (Å²) in [5, 5.41) is 4.80. The Morgan fingerprint density at radius 3 is 2.61 bits per heavy atom. The topological polar surface area (TPSA) is 49.4 Å². The largest absolute Gasteiger partial charge is 0.349 e. The highest BCUT2D eigenvalue weighted by molar-refractivity contribution is 7.12. The lowest BCUT2D eigenvalue weighted by atomic mass is 10.0. The molecular weight excluding hydrogens is 315 g/mol. The van der Waals surface area contributed by atoms with Gasteiger partial charge in [0.1, 0.15) is 5.82 Å². The lowest BCUT2D eigenvalue weighted by Gasteiger charge is -2.32. The first-order chi connectivity index (χ1) is 11.1. The molecule has 0 bridgehead atoms. The molecular formula is C17H17FN2O2S. The van der Waals surface area contributed by atoms with E-state index in [0.29, 0.717) is 31.5 Å². The van der Waals surface area contributed by atoms with Gasteiger partial charge in [-0.05, 0) is 42.5 Å². The fraction of sp³-hybridized carbons (Fsp3) is 0.294. The second-order valence-corrected chi connectivity index (χ2v) is 6.48. The van der Waals surface area contributed by atoms with E-state index in [2.05, 4.69) is 5.32 Å². The van der Waals surface area contributed by atoms with Crippen molar-refractivity contribution in [3.05, 3.63) is 58.0 Å². The molecule has 0 atom stereocenters. The molecule has 1 saturated heterocycles. The number of piperidine rings is 1. The van der Waals surface area contributed by atoms with Crippen molar-refractivity contribution < 1.29 is 14.0 Å². The van der Waals surface area contributed by atoms with Gasteiger partial charge in [-0.3, -0.25) is 9.59 Å². The number of likely N-dealkylation sites (tertiary alicyclic amines) is 1. The minimum Gasteiger partial charge on any atom is -0.349 e. The van der Waals surface area contributed by atoms with Crippen LogP contribution in [-0.4, -0.2) is 35.8 Å². The third-order valence-corrected chi connectivity index (χ3v) is 4.79. The third kappa shape index (κ3) is 3.76. The Kier molecular flexibility index (Phi) is 4.71. The maximum absolute atomic E-state index is 13.2. The molecule has 120 valence electrons. The number of hydrogen-bond acceptors (Lipinski definition) is 3. The van der Waals surface area contributed by atoms with Crippen LogP contribution in [0.5, 0.6) is 0 Å². The van der Waals surface area contributed by atoms with E-state index in [1.54, 1.807) is 6.07 Å². The SMILES string of the molecule is O=C(NC1CCN(C(=O)c2cccs2)CC1)c1cccc(F)c1. The van der Waals surface area contributed by atoms with Crippen molar-refractivity contribution >= 4 is 23.2 Å². The Morgan fingerprint density at radius 2 is 1.96 bits per heavy atom. The molecule has 2 aromatic rings. The van der Waals surface area contributed by atoms with Crippen molar-refractivity contribution in [3.8, 4) is 0 Å². The highest BCUT2D eigenvalue weighted by Gasteiger charge is 2.25. The van der Waals surface area contributed by atoms with E-state index in [1.807, 2.05) is 22.4 Å². The number of nitrogens with one attached hydrogen (secondary N) is 1. The summed E-state index contributed by atoms with van der Waals surface area (Å²) in [7, 11) is 0. The number of carbonyl (C=O) groups is 2. The van der Waals surface area contributed by atoms with Crippen molar-refractivity contribution in [3.63, 3.8) is 0 Å². The first-order valence-electron chi connectivity index (χ1n) is 7.52. The normalized spacial score (nSPS) is 15.4. The van der Waals surface area contributed by atoms with Gasteiger partial charge in [0.25, 0.3) is 11.8 Å². The van der Waals surface area contributed by atoms with Gasteiger partial charge in [-0.25, -0.2) is 4.39 Å².